The minimum Gasteiger partial charge on any atom is -0.443 e. The number of hydrogen-bond donors (Lipinski definition) is 1. The molecule has 0 bridgehead atoms. The topological polar surface area (TPSA) is 61.9 Å². The fourth-order valence-corrected chi connectivity index (χ4v) is 3.33. The van der Waals surface area contributed by atoms with Gasteiger partial charge in [-0.1, -0.05) is 30.3 Å². The Labute approximate surface area is 172 Å². The van der Waals surface area contributed by atoms with Crippen molar-refractivity contribution in [2.45, 2.75) is 45.8 Å². The zero-order chi connectivity index (χ0) is 21.0. The average molecular weight is 396 g/mol. The molecular formula is C23H29N3O3. The second kappa shape index (κ2) is 8.55. The largest absolute Gasteiger partial charge is 0.443 e. The van der Waals surface area contributed by atoms with Crippen LogP contribution < -0.4 is 10.2 Å². The van der Waals surface area contributed by atoms with Crippen molar-refractivity contribution >= 4 is 23.5 Å². The van der Waals surface area contributed by atoms with Crippen LogP contribution in [0.25, 0.3) is 0 Å². The molecule has 2 aromatic rings. The highest BCUT2D eigenvalue weighted by atomic mass is 16.6. The number of fused-ring (bicyclic) bond motifs is 1. The molecule has 0 spiro atoms. The van der Waals surface area contributed by atoms with Crippen molar-refractivity contribution in [3.8, 4) is 0 Å². The Kier molecular flexibility index (Phi) is 6.11. The Hall–Kier alpha value is -3.02. The standard InChI is InChI=1S/C23H29N3O3/c1-23(2,3)29-22(28)26-14-8-11-18-15-19(12-13-20(18)26)24-21(27)25(4)16-17-9-6-5-7-10-17/h5-7,9-10,12-13,15H,8,11,14,16H2,1-4H3,(H,24,27). The van der Waals surface area contributed by atoms with Crippen molar-refractivity contribution in [2.24, 2.45) is 0 Å². The van der Waals surface area contributed by atoms with Gasteiger partial charge in [0.2, 0.25) is 0 Å². The molecule has 0 radical (unpaired) electrons. The molecule has 1 aliphatic heterocycles. The SMILES string of the molecule is CN(Cc1ccccc1)C(=O)Nc1ccc2c(c1)CCCN2C(=O)OC(C)(C)C. The maximum absolute atomic E-state index is 12.5. The molecule has 3 rings (SSSR count). The highest BCUT2D eigenvalue weighted by Gasteiger charge is 2.27. The minimum atomic E-state index is -0.536. The smallest absolute Gasteiger partial charge is 0.414 e. The molecule has 154 valence electrons. The van der Waals surface area contributed by atoms with Gasteiger partial charge in [-0.3, -0.25) is 4.90 Å². The first-order valence-corrected chi connectivity index (χ1v) is 9.92. The molecule has 0 aliphatic carbocycles. The van der Waals surface area contributed by atoms with E-state index in [2.05, 4.69) is 5.32 Å². The number of urea groups is 1. The van der Waals surface area contributed by atoms with Gasteiger partial charge < -0.3 is 15.0 Å². The van der Waals surface area contributed by atoms with Gasteiger partial charge in [-0.2, -0.15) is 0 Å². The van der Waals surface area contributed by atoms with Gasteiger partial charge in [0.05, 0.1) is 5.69 Å². The van der Waals surface area contributed by atoms with Crippen LogP contribution in [-0.2, 0) is 17.7 Å². The molecule has 0 aromatic heterocycles. The summed E-state index contributed by atoms with van der Waals surface area (Å²) in [6.45, 7) is 6.75. The van der Waals surface area contributed by atoms with E-state index in [1.807, 2.05) is 69.3 Å². The maximum atomic E-state index is 12.5. The number of benzene rings is 2. The Morgan fingerprint density at radius 1 is 1.14 bits per heavy atom. The second-order valence-electron chi connectivity index (χ2n) is 8.35. The molecule has 0 unspecified atom stereocenters. The molecule has 1 aliphatic rings. The van der Waals surface area contributed by atoms with Crippen molar-refractivity contribution in [1.82, 2.24) is 4.90 Å². The molecule has 1 heterocycles. The van der Waals surface area contributed by atoms with E-state index >= 15 is 0 Å². The molecular weight excluding hydrogens is 366 g/mol. The van der Waals surface area contributed by atoms with E-state index < -0.39 is 5.60 Å². The van der Waals surface area contributed by atoms with Gasteiger partial charge in [0.15, 0.2) is 0 Å². The zero-order valence-electron chi connectivity index (χ0n) is 17.6. The quantitative estimate of drug-likeness (QED) is 0.792. The lowest BCUT2D eigenvalue weighted by atomic mass is 10.0. The summed E-state index contributed by atoms with van der Waals surface area (Å²) < 4.78 is 5.53. The van der Waals surface area contributed by atoms with Gasteiger partial charge >= 0.3 is 12.1 Å². The molecule has 29 heavy (non-hydrogen) atoms. The van der Waals surface area contributed by atoms with E-state index in [-0.39, 0.29) is 12.1 Å². The van der Waals surface area contributed by atoms with E-state index in [9.17, 15) is 9.59 Å². The summed E-state index contributed by atoms with van der Waals surface area (Å²) in [5, 5.41) is 2.95. The number of hydrogen-bond acceptors (Lipinski definition) is 3. The lowest BCUT2D eigenvalue weighted by Gasteiger charge is -2.32. The van der Waals surface area contributed by atoms with Crippen molar-refractivity contribution in [1.29, 1.82) is 0 Å². The van der Waals surface area contributed by atoms with Crippen molar-refractivity contribution in [2.75, 3.05) is 23.8 Å². The Balaban J connectivity index is 1.68. The fourth-order valence-electron chi connectivity index (χ4n) is 3.33. The first-order valence-electron chi connectivity index (χ1n) is 9.92. The summed E-state index contributed by atoms with van der Waals surface area (Å²) in [5.74, 6) is 0. The van der Waals surface area contributed by atoms with Crippen molar-refractivity contribution in [3.63, 3.8) is 0 Å². The monoisotopic (exact) mass is 395 g/mol. The van der Waals surface area contributed by atoms with Gasteiger partial charge in [-0.15, -0.1) is 0 Å². The summed E-state index contributed by atoms with van der Waals surface area (Å²) in [7, 11) is 1.77. The van der Waals surface area contributed by atoms with E-state index in [1.54, 1.807) is 16.8 Å². The zero-order valence-corrected chi connectivity index (χ0v) is 17.6. The van der Waals surface area contributed by atoms with Crippen LogP contribution in [0.5, 0.6) is 0 Å². The molecule has 6 nitrogen and oxygen atoms in total. The minimum absolute atomic E-state index is 0.173. The van der Waals surface area contributed by atoms with Gasteiger partial charge in [0.1, 0.15) is 5.60 Å². The van der Waals surface area contributed by atoms with Gasteiger partial charge in [0, 0.05) is 25.8 Å². The molecule has 0 saturated carbocycles. The Bertz CT molecular complexity index is 875. The number of carbonyl (C=O) groups excluding carboxylic acids is 2. The normalized spacial score (nSPS) is 13.4. The molecule has 1 N–H and O–H groups in total. The van der Waals surface area contributed by atoms with E-state index in [0.29, 0.717) is 13.1 Å². The van der Waals surface area contributed by atoms with Crippen LogP contribution in [0.3, 0.4) is 0 Å². The van der Waals surface area contributed by atoms with Crippen LogP contribution in [0.2, 0.25) is 0 Å². The summed E-state index contributed by atoms with van der Waals surface area (Å²) in [6, 6.07) is 15.3. The number of rotatable bonds is 3. The summed E-state index contributed by atoms with van der Waals surface area (Å²) >= 11 is 0. The third-order valence-electron chi connectivity index (χ3n) is 4.67. The Morgan fingerprint density at radius 2 is 1.86 bits per heavy atom. The molecule has 0 atom stereocenters. The molecule has 3 amide bonds. The first kappa shape index (κ1) is 20.7. The second-order valence-corrected chi connectivity index (χ2v) is 8.35. The van der Waals surface area contributed by atoms with Crippen molar-refractivity contribution < 1.29 is 14.3 Å². The van der Waals surface area contributed by atoms with Crippen molar-refractivity contribution in [3.05, 3.63) is 59.7 Å². The van der Waals surface area contributed by atoms with Crippen LogP contribution in [0.15, 0.2) is 48.5 Å². The van der Waals surface area contributed by atoms with E-state index in [1.165, 1.54) is 0 Å². The highest BCUT2D eigenvalue weighted by molar-refractivity contribution is 5.92. The number of amides is 3. The van der Waals surface area contributed by atoms with Gasteiger partial charge in [-0.05, 0) is 62.9 Å². The number of nitrogens with zero attached hydrogens (tertiary/aromatic N) is 2. The lowest BCUT2D eigenvalue weighted by molar-refractivity contribution is 0.0578. The summed E-state index contributed by atoms with van der Waals surface area (Å²) in [4.78, 5) is 28.4. The van der Waals surface area contributed by atoms with E-state index in [4.69, 9.17) is 4.74 Å². The number of anilines is 2. The number of ether oxygens (including phenoxy) is 1. The summed E-state index contributed by atoms with van der Waals surface area (Å²) in [5.41, 5.74) is 3.14. The van der Waals surface area contributed by atoms with Crippen LogP contribution in [-0.4, -0.2) is 36.2 Å². The predicted molar refractivity (Wildman–Crippen MR) is 115 cm³/mol. The van der Waals surface area contributed by atoms with Gasteiger partial charge in [0.25, 0.3) is 0 Å². The first-order chi connectivity index (χ1) is 13.7. The lowest BCUT2D eigenvalue weighted by Crippen LogP contribution is -2.39. The van der Waals surface area contributed by atoms with Crippen LogP contribution >= 0.6 is 0 Å². The van der Waals surface area contributed by atoms with E-state index in [0.717, 1.165) is 35.3 Å². The molecule has 0 saturated heterocycles. The third kappa shape index (κ3) is 5.50. The van der Waals surface area contributed by atoms with Crippen LogP contribution in [0, 0.1) is 0 Å². The van der Waals surface area contributed by atoms with Crippen LogP contribution in [0.1, 0.15) is 38.3 Å². The molecule has 2 aromatic carbocycles. The number of nitrogens with one attached hydrogen (secondary N) is 1. The fraction of sp³-hybridized carbons (Fsp3) is 0.391. The predicted octanol–water partition coefficient (Wildman–Crippen LogP) is 5.04. The van der Waals surface area contributed by atoms with Gasteiger partial charge in [-0.25, -0.2) is 9.59 Å². The highest BCUT2D eigenvalue weighted by Crippen LogP contribution is 2.31. The summed E-state index contributed by atoms with van der Waals surface area (Å²) in [6.07, 6.45) is 1.38. The number of aryl methyl sites for hydroxylation is 1. The third-order valence-corrected chi connectivity index (χ3v) is 4.67. The molecule has 0 fully saturated rings. The number of carbonyl (C=O) groups is 2. The average Bonchev–Trinajstić information content (AvgIpc) is 2.66. The molecule has 6 heteroatoms. The van der Waals surface area contributed by atoms with Crippen LogP contribution in [0.4, 0.5) is 21.0 Å². The maximum Gasteiger partial charge on any atom is 0.414 e. The Morgan fingerprint density at radius 3 is 2.55 bits per heavy atom.